The van der Waals surface area contributed by atoms with Gasteiger partial charge in [0.05, 0.1) is 6.61 Å². The summed E-state index contributed by atoms with van der Waals surface area (Å²) in [6, 6.07) is 15.6. The molecule has 0 aromatic heterocycles. The lowest BCUT2D eigenvalue weighted by Gasteiger charge is -2.06. The Balaban J connectivity index is 1.62. The number of benzene rings is 2. The molecule has 0 spiro atoms. The van der Waals surface area contributed by atoms with E-state index in [1.54, 1.807) is 17.8 Å². The number of hydrogen-bond acceptors (Lipinski definition) is 5. The number of ether oxygens (including phenoxy) is 2. The highest BCUT2D eigenvalue weighted by Gasteiger charge is 2.04. The zero-order chi connectivity index (χ0) is 20.2. The minimum Gasteiger partial charge on any atom is -0.494 e. The first-order valence-corrected chi connectivity index (χ1v) is 10.1. The van der Waals surface area contributed by atoms with Crippen molar-refractivity contribution in [1.29, 1.82) is 0 Å². The number of hydrogen-bond donors (Lipinski definition) is 1. The smallest absolute Gasteiger partial charge is 0.331 e. The molecule has 0 fully saturated rings. The van der Waals surface area contributed by atoms with Crippen molar-refractivity contribution in [2.24, 2.45) is 0 Å². The zero-order valence-electron chi connectivity index (χ0n) is 16.1. The van der Waals surface area contributed by atoms with Crippen molar-refractivity contribution < 1.29 is 19.1 Å². The van der Waals surface area contributed by atoms with Crippen LogP contribution >= 0.6 is 11.8 Å². The molecule has 2 rings (SSSR count). The van der Waals surface area contributed by atoms with Gasteiger partial charge in [-0.2, -0.15) is 0 Å². The molecule has 0 radical (unpaired) electrons. The van der Waals surface area contributed by atoms with Crippen LogP contribution in [0.15, 0.2) is 59.5 Å². The van der Waals surface area contributed by atoms with Crippen LogP contribution in [0.1, 0.15) is 18.1 Å². The lowest BCUT2D eigenvalue weighted by molar-refractivity contribution is -0.143. The lowest BCUT2D eigenvalue weighted by atomic mass is 10.2. The second-order valence-corrected chi connectivity index (χ2v) is 7.12. The molecule has 0 aliphatic rings. The van der Waals surface area contributed by atoms with Gasteiger partial charge in [-0.1, -0.05) is 29.8 Å². The number of carbonyl (C=O) groups is 2. The first kappa shape index (κ1) is 21.6. The Morgan fingerprint density at radius 2 is 1.79 bits per heavy atom. The van der Waals surface area contributed by atoms with Crippen molar-refractivity contribution >= 4 is 29.7 Å². The number of thioether (sulfide) groups is 1. The first-order valence-electron chi connectivity index (χ1n) is 9.10. The molecule has 0 saturated carbocycles. The Kier molecular flexibility index (Phi) is 9.15. The lowest BCUT2D eigenvalue weighted by Crippen LogP contribution is -2.30. The van der Waals surface area contributed by atoms with Crippen molar-refractivity contribution in [3.8, 4) is 5.75 Å². The van der Waals surface area contributed by atoms with Crippen LogP contribution in [0.4, 0.5) is 0 Å². The van der Waals surface area contributed by atoms with Crippen LogP contribution < -0.4 is 10.1 Å². The molecule has 1 N–H and O–H groups in total. The SMILES string of the molecule is CCOc1ccc(/C=C/C(=O)OCC(=O)NCCSc2ccc(C)cc2)cc1. The van der Waals surface area contributed by atoms with Crippen LogP contribution in [0.2, 0.25) is 0 Å². The van der Waals surface area contributed by atoms with Crippen LogP contribution in [0.25, 0.3) is 6.08 Å². The maximum Gasteiger partial charge on any atom is 0.331 e. The van der Waals surface area contributed by atoms with Crippen molar-refractivity contribution in [2.45, 2.75) is 18.7 Å². The molecule has 2 aromatic rings. The molecule has 1 amide bonds. The van der Waals surface area contributed by atoms with Gasteiger partial charge >= 0.3 is 5.97 Å². The van der Waals surface area contributed by atoms with Crippen LogP contribution in [-0.2, 0) is 14.3 Å². The quantitative estimate of drug-likeness (QED) is 0.284. The van der Waals surface area contributed by atoms with Gasteiger partial charge in [0.15, 0.2) is 6.61 Å². The number of aryl methyl sites for hydroxylation is 1. The Morgan fingerprint density at radius 3 is 2.46 bits per heavy atom. The van der Waals surface area contributed by atoms with E-state index in [2.05, 4.69) is 29.6 Å². The van der Waals surface area contributed by atoms with Crippen molar-refractivity contribution in [2.75, 3.05) is 25.5 Å². The molecule has 0 unspecified atom stereocenters. The Hall–Kier alpha value is -2.73. The molecule has 0 aliphatic heterocycles. The molecule has 0 aliphatic carbocycles. The van der Waals surface area contributed by atoms with E-state index < -0.39 is 5.97 Å². The Bertz CT molecular complexity index is 785. The highest BCUT2D eigenvalue weighted by molar-refractivity contribution is 7.99. The van der Waals surface area contributed by atoms with Gasteiger partial charge in [-0.3, -0.25) is 4.79 Å². The van der Waals surface area contributed by atoms with E-state index in [4.69, 9.17) is 9.47 Å². The summed E-state index contributed by atoms with van der Waals surface area (Å²) in [6.07, 6.45) is 2.93. The van der Waals surface area contributed by atoms with E-state index in [9.17, 15) is 9.59 Å². The topological polar surface area (TPSA) is 64.6 Å². The maximum absolute atomic E-state index is 11.7. The van der Waals surface area contributed by atoms with Gasteiger partial charge in [-0.05, 0) is 49.8 Å². The number of carbonyl (C=O) groups excluding carboxylic acids is 2. The average molecular weight is 400 g/mol. The fourth-order valence-electron chi connectivity index (χ4n) is 2.24. The largest absolute Gasteiger partial charge is 0.494 e. The van der Waals surface area contributed by atoms with E-state index in [-0.39, 0.29) is 12.5 Å². The molecular formula is C22H25NO4S. The van der Waals surface area contributed by atoms with Crippen molar-refractivity contribution in [1.82, 2.24) is 5.32 Å². The third-order valence-corrected chi connectivity index (χ3v) is 4.68. The van der Waals surface area contributed by atoms with E-state index >= 15 is 0 Å². The third-order valence-electron chi connectivity index (χ3n) is 3.66. The van der Waals surface area contributed by atoms with Gasteiger partial charge in [0.1, 0.15) is 5.75 Å². The van der Waals surface area contributed by atoms with Crippen LogP contribution in [0.3, 0.4) is 0 Å². The second kappa shape index (κ2) is 11.9. The number of amides is 1. The predicted molar refractivity (Wildman–Crippen MR) is 113 cm³/mol. The van der Waals surface area contributed by atoms with Gasteiger partial charge in [0.25, 0.3) is 5.91 Å². The predicted octanol–water partition coefficient (Wildman–Crippen LogP) is 3.86. The molecule has 148 valence electrons. The normalized spacial score (nSPS) is 10.6. The molecule has 5 nitrogen and oxygen atoms in total. The summed E-state index contributed by atoms with van der Waals surface area (Å²) >= 11 is 1.66. The zero-order valence-corrected chi connectivity index (χ0v) is 17.0. The Morgan fingerprint density at radius 1 is 1.07 bits per heavy atom. The van der Waals surface area contributed by atoms with Gasteiger partial charge in [0, 0.05) is 23.3 Å². The maximum atomic E-state index is 11.7. The van der Waals surface area contributed by atoms with Gasteiger partial charge in [0.2, 0.25) is 0 Å². The van der Waals surface area contributed by atoms with E-state index in [0.717, 1.165) is 22.0 Å². The van der Waals surface area contributed by atoms with Crippen molar-refractivity contribution in [3.05, 3.63) is 65.7 Å². The van der Waals surface area contributed by atoms with E-state index in [1.807, 2.05) is 38.1 Å². The van der Waals surface area contributed by atoms with Gasteiger partial charge < -0.3 is 14.8 Å². The second-order valence-electron chi connectivity index (χ2n) is 5.95. The molecule has 2 aromatic carbocycles. The minimum atomic E-state index is -0.557. The summed E-state index contributed by atoms with van der Waals surface area (Å²) in [5.74, 6) is 0.658. The molecule has 6 heteroatoms. The molecular weight excluding hydrogens is 374 g/mol. The number of nitrogens with one attached hydrogen (secondary N) is 1. The summed E-state index contributed by atoms with van der Waals surface area (Å²) in [4.78, 5) is 24.6. The summed E-state index contributed by atoms with van der Waals surface area (Å²) in [6.45, 7) is 4.79. The highest BCUT2D eigenvalue weighted by Crippen LogP contribution is 2.17. The fraction of sp³-hybridized carbons (Fsp3) is 0.273. The van der Waals surface area contributed by atoms with Crippen molar-refractivity contribution in [3.63, 3.8) is 0 Å². The van der Waals surface area contributed by atoms with Gasteiger partial charge in [-0.25, -0.2) is 4.79 Å². The van der Waals surface area contributed by atoms with Crippen LogP contribution in [0, 0.1) is 6.92 Å². The fourth-order valence-corrected chi connectivity index (χ4v) is 3.00. The number of esters is 1. The summed E-state index contributed by atoms with van der Waals surface area (Å²) in [5, 5.41) is 2.74. The molecule has 0 heterocycles. The molecule has 28 heavy (non-hydrogen) atoms. The minimum absolute atomic E-state index is 0.290. The molecule has 0 saturated heterocycles. The summed E-state index contributed by atoms with van der Waals surface area (Å²) in [7, 11) is 0. The van der Waals surface area contributed by atoms with Crippen LogP contribution in [0.5, 0.6) is 5.75 Å². The highest BCUT2D eigenvalue weighted by atomic mass is 32.2. The van der Waals surface area contributed by atoms with Crippen LogP contribution in [-0.4, -0.2) is 37.4 Å². The Labute approximate surface area is 170 Å². The summed E-state index contributed by atoms with van der Waals surface area (Å²) in [5.41, 5.74) is 2.06. The average Bonchev–Trinajstić information content (AvgIpc) is 2.70. The van der Waals surface area contributed by atoms with Gasteiger partial charge in [-0.15, -0.1) is 11.8 Å². The van der Waals surface area contributed by atoms with E-state index in [1.165, 1.54) is 11.6 Å². The molecule has 0 bridgehead atoms. The monoisotopic (exact) mass is 399 g/mol. The number of rotatable bonds is 10. The summed E-state index contributed by atoms with van der Waals surface area (Å²) < 4.78 is 10.3. The third kappa shape index (κ3) is 8.31. The standard InChI is InChI=1S/C22H25NO4S/c1-3-26-19-9-6-18(7-10-19)8-13-22(25)27-16-21(24)23-14-15-28-20-11-4-17(2)5-12-20/h4-13H,3,14-16H2,1-2H3,(H,23,24)/b13-8+. The molecule has 0 atom stereocenters. The first-order chi connectivity index (χ1) is 13.6. The van der Waals surface area contributed by atoms with E-state index in [0.29, 0.717) is 13.2 Å².